The molecule has 2 heterocycles. The summed E-state index contributed by atoms with van der Waals surface area (Å²) >= 11 is 0. The molecule has 1 fully saturated rings. The molecule has 1 aliphatic heterocycles. The largest absolute Gasteiger partial charge is 0.350 e. The molecule has 0 aromatic carbocycles. The molecule has 18 heavy (non-hydrogen) atoms. The van der Waals surface area contributed by atoms with Crippen LogP contribution in [0.25, 0.3) is 0 Å². The van der Waals surface area contributed by atoms with Crippen molar-refractivity contribution in [3.05, 3.63) is 12.2 Å². The first-order valence-corrected chi connectivity index (χ1v) is 6.66. The van der Waals surface area contributed by atoms with Crippen LogP contribution in [0.5, 0.6) is 0 Å². The van der Waals surface area contributed by atoms with Crippen molar-refractivity contribution >= 4 is 0 Å². The first-order valence-electron chi connectivity index (χ1n) is 6.66. The standard InChI is InChI=1S/C12H22N4O2/c1-3-13-10(8-12-17-5-6-18-12)7-11-14-9-15-16(11)4-2/h9-10,12-13H,3-8H2,1-2H3. The van der Waals surface area contributed by atoms with Gasteiger partial charge in [0.2, 0.25) is 0 Å². The Balaban J connectivity index is 1.92. The van der Waals surface area contributed by atoms with Crippen LogP contribution in [-0.4, -0.2) is 46.9 Å². The zero-order valence-corrected chi connectivity index (χ0v) is 11.1. The van der Waals surface area contributed by atoms with Gasteiger partial charge in [0.1, 0.15) is 12.2 Å². The SMILES string of the molecule is CCNC(Cc1ncnn1CC)CC1OCCO1. The number of ether oxygens (including phenoxy) is 2. The lowest BCUT2D eigenvalue weighted by atomic mass is 10.1. The van der Waals surface area contributed by atoms with Gasteiger partial charge in [-0.3, -0.25) is 4.68 Å². The van der Waals surface area contributed by atoms with E-state index < -0.39 is 0 Å². The molecule has 2 rings (SSSR count). The zero-order valence-electron chi connectivity index (χ0n) is 11.1. The van der Waals surface area contributed by atoms with Crippen molar-refractivity contribution in [2.24, 2.45) is 0 Å². The van der Waals surface area contributed by atoms with Crippen LogP contribution in [0.15, 0.2) is 6.33 Å². The first kappa shape index (κ1) is 13.5. The van der Waals surface area contributed by atoms with E-state index in [0.717, 1.165) is 31.8 Å². The van der Waals surface area contributed by atoms with Crippen LogP contribution >= 0.6 is 0 Å². The van der Waals surface area contributed by atoms with Gasteiger partial charge < -0.3 is 14.8 Å². The fourth-order valence-electron chi connectivity index (χ4n) is 2.23. The maximum absolute atomic E-state index is 5.50. The van der Waals surface area contributed by atoms with Crippen molar-refractivity contribution in [2.45, 2.75) is 45.6 Å². The topological polar surface area (TPSA) is 61.2 Å². The van der Waals surface area contributed by atoms with E-state index in [1.165, 1.54) is 0 Å². The molecule has 0 spiro atoms. The third-order valence-electron chi connectivity index (χ3n) is 3.08. The Bertz CT molecular complexity index is 350. The molecule has 1 atom stereocenters. The van der Waals surface area contributed by atoms with Gasteiger partial charge in [0.15, 0.2) is 6.29 Å². The molecule has 1 aliphatic rings. The molecular formula is C12H22N4O2. The van der Waals surface area contributed by atoms with E-state index in [1.54, 1.807) is 6.33 Å². The van der Waals surface area contributed by atoms with Crippen molar-refractivity contribution in [3.8, 4) is 0 Å². The monoisotopic (exact) mass is 254 g/mol. The molecule has 0 radical (unpaired) electrons. The molecule has 1 N–H and O–H groups in total. The van der Waals surface area contributed by atoms with Crippen molar-refractivity contribution in [3.63, 3.8) is 0 Å². The summed E-state index contributed by atoms with van der Waals surface area (Å²) in [5.74, 6) is 1.02. The van der Waals surface area contributed by atoms with Crippen LogP contribution in [0.2, 0.25) is 0 Å². The minimum absolute atomic E-state index is 0.0768. The number of rotatable bonds is 7. The summed E-state index contributed by atoms with van der Waals surface area (Å²) in [6.45, 7) is 7.36. The summed E-state index contributed by atoms with van der Waals surface area (Å²) < 4.78 is 12.9. The number of aryl methyl sites for hydroxylation is 1. The van der Waals surface area contributed by atoms with Gasteiger partial charge in [0.25, 0.3) is 0 Å². The summed E-state index contributed by atoms with van der Waals surface area (Å²) in [6.07, 6.45) is 3.24. The molecule has 1 aromatic heterocycles. The second-order valence-corrected chi connectivity index (χ2v) is 4.36. The van der Waals surface area contributed by atoms with Crippen molar-refractivity contribution in [1.29, 1.82) is 0 Å². The maximum Gasteiger partial charge on any atom is 0.159 e. The first-order chi connectivity index (χ1) is 8.83. The summed E-state index contributed by atoms with van der Waals surface area (Å²) in [4.78, 5) is 4.31. The Labute approximate surface area is 108 Å². The molecule has 6 heteroatoms. The molecule has 0 bridgehead atoms. The number of hydrogen-bond donors (Lipinski definition) is 1. The summed E-state index contributed by atoms with van der Waals surface area (Å²) in [6, 6.07) is 0.313. The summed E-state index contributed by atoms with van der Waals surface area (Å²) in [5, 5.41) is 7.65. The fourth-order valence-corrected chi connectivity index (χ4v) is 2.23. The molecular weight excluding hydrogens is 232 g/mol. The number of aromatic nitrogens is 3. The van der Waals surface area contributed by atoms with Crippen molar-refractivity contribution in [1.82, 2.24) is 20.1 Å². The highest BCUT2D eigenvalue weighted by atomic mass is 16.7. The van der Waals surface area contributed by atoms with Crippen molar-refractivity contribution in [2.75, 3.05) is 19.8 Å². The highest BCUT2D eigenvalue weighted by Gasteiger charge is 2.22. The number of likely N-dealkylation sites (N-methyl/N-ethyl adjacent to an activating group) is 1. The summed E-state index contributed by atoms with van der Waals surface area (Å²) in [5.41, 5.74) is 0. The number of hydrogen-bond acceptors (Lipinski definition) is 5. The Hall–Kier alpha value is -0.980. The van der Waals surface area contributed by atoms with Crippen LogP contribution in [0.1, 0.15) is 26.1 Å². The molecule has 102 valence electrons. The lowest BCUT2D eigenvalue weighted by molar-refractivity contribution is -0.0527. The normalized spacial score (nSPS) is 18.3. The van der Waals surface area contributed by atoms with Crippen LogP contribution in [-0.2, 0) is 22.4 Å². The second kappa shape index (κ2) is 6.82. The Morgan fingerprint density at radius 1 is 1.44 bits per heavy atom. The van der Waals surface area contributed by atoms with Crippen LogP contribution in [0.3, 0.4) is 0 Å². The number of nitrogens with one attached hydrogen (secondary N) is 1. The number of nitrogens with zero attached hydrogens (tertiary/aromatic N) is 3. The lowest BCUT2D eigenvalue weighted by Crippen LogP contribution is -2.35. The second-order valence-electron chi connectivity index (χ2n) is 4.36. The minimum Gasteiger partial charge on any atom is -0.350 e. The van der Waals surface area contributed by atoms with E-state index in [9.17, 15) is 0 Å². The van der Waals surface area contributed by atoms with Gasteiger partial charge in [-0.1, -0.05) is 6.92 Å². The van der Waals surface area contributed by atoms with Crippen LogP contribution < -0.4 is 5.32 Å². The zero-order chi connectivity index (χ0) is 12.8. The van der Waals surface area contributed by atoms with E-state index >= 15 is 0 Å². The highest BCUT2D eigenvalue weighted by Crippen LogP contribution is 2.13. The maximum atomic E-state index is 5.50. The van der Waals surface area contributed by atoms with Gasteiger partial charge in [-0.2, -0.15) is 5.10 Å². The molecule has 0 aliphatic carbocycles. The Kier molecular flexibility index (Phi) is 5.10. The van der Waals surface area contributed by atoms with Gasteiger partial charge in [-0.05, 0) is 13.5 Å². The molecule has 0 saturated carbocycles. The fraction of sp³-hybridized carbons (Fsp3) is 0.833. The van der Waals surface area contributed by atoms with Gasteiger partial charge in [-0.25, -0.2) is 4.98 Å². The lowest BCUT2D eigenvalue weighted by Gasteiger charge is -2.20. The quantitative estimate of drug-likeness (QED) is 0.771. The molecule has 1 saturated heterocycles. The third-order valence-corrected chi connectivity index (χ3v) is 3.08. The van der Waals surface area contributed by atoms with E-state index in [0.29, 0.717) is 19.3 Å². The summed E-state index contributed by atoms with van der Waals surface area (Å²) in [7, 11) is 0. The predicted molar refractivity (Wildman–Crippen MR) is 67.2 cm³/mol. The van der Waals surface area contributed by atoms with E-state index in [1.807, 2.05) is 4.68 Å². The molecule has 6 nitrogen and oxygen atoms in total. The van der Waals surface area contributed by atoms with Crippen LogP contribution in [0.4, 0.5) is 0 Å². The van der Waals surface area contributed by atoms with Gasteiger partial charge in [0, 0.05) is 25.4 Å². The molecule has 1 aromatic rings. The van der Waals surface area contributed by atoms with Gasteiger partial charge in [-0.15, -0.1) is 0 Å². The smallest absolute Gasteiger partial charge is 0.159 e. The average molecular weight is 254 g/mol. The predicted octanol–water partition coefficient (Wildman–Crippen LogP) is 0.582. The molecule has 0 amide bonds. The van der Waals surface area contributed by atoms with E-state index in [4.69, 9.17) is 9.47 Å². The van der Waals surface area contributed by atoms with E-state index in [-0.39, 0.29) is 6.29 Å². The minimum atomic E-state index is -0.0768. The molecule has 1 unspecified atom stereocenters. The third kappa shape index (κ3) is 3.51. The Morgan fingerprint density at radius 3 is 2.89 bits per heavy atom. The average Bonchev–Trinajstić information content (AvgIpc) is 3.00. The van der Waals surface area contributed by atoms with Gasteiger partial charge in [0.05, 0.1) is 13.2 Å². The Morgan fingerprint density at radius 2 is 2.22 bits per heavy atom. The van der Waals surface area contributed by atoms with E-state index in [2.05, 4.69) is 29.2 Å². The van der Waals surface area contributed by atoms with Crippen molar-refractivity contribution < 1.29 is 9.47 Å². The highest BCUT2D eigenvalue weighted by molar-refractivity contribution is 4.90. The van der Waals surface area contributed by atoms with Crippen LogP contribution in [0, 0.1) is 0 Å². The van der Waals surface area contributed by atoms with Gasteiger partial charge >= 0.3 is 0 Å².